The fourth-order valence-corrected chi connectivity index (χ4v) is 2.67. The van der Waals surface area contributed by atoms with Gasteiger partial charge in [-0.25, -0.2) is 4.98 Å². The number of hydrogen-bond donors (Lipinski definition) is 4. The number of rotatable bonds is 7. The fraction of sp³-hybridized carbons (Fsp3) is 0.375. The molecule has 0 aromatic carbocycles. The van der Waals surface area contributed by atoms with Gasteiger partial charge in [0, 0.05) is 24.8 Å². The second kappa shape index (κ2) is 7.93. The average molecular weight is 363 g/mol. The van der Waals surface area contributed by atoms with Crippen molar-refractivity contribution in [3.8, 4) is 0 Å². The largest absolute Gasteiger partial charge is 0.354 e. The number of hydrogen-bond acceptors (Lipinski definition) is 6. The van der Waals surface area contributed by atoms with Crippen LogP contribution in [0.2, 0.25) is 0 Å². The Morgan fingerprint density at radius 1 is 1.32 bits per heavy atom. The lowest BCUT2D eigenvalue weighted by Gasteiger charge is -2.25. The lowest BCUT2D eigenvalue weighted by molar-refractivity contribution is -0.126. The van der Waals surface area contributed by atoms with Gasteiger partial charge < -0.3 is 16.0 Å². The maximum atomic E-state index is 12.3. The average Bonchev–Trinajstić information content (AvgIpc) is 3.04. The van der Waals surface area contributed by atoms with Crippen molar-refractivity contribution in [1.82, 2.24) is 20.6 Å². The Balaban J connectivity index is 1.80. The predicted octanol–water partition coefficient (Wildman–Crippen LogP) is 0.877. The van der Waals surface area contributed by atoms with Gasteiger partial charge >= 0.3 is 0 Å². The Kier molecular flexibility index (Phi) is 5.92. The highest BCUT2D eigenvalue weighted by molar-refractivity contribution is 7.12. The Hall–Kier alpha value is -2.68. The number of H-pyrrole nitrogens is 1. The summed E-state index contributed by atoms with van der Waals surface area (Å²) < 4.78 is 0. The molecule has 9 heteroatoms. The standard InChI is InChI=1S/C16H21N5O3S/c1-10-9-12(22)20-15(19-10)18-7-6-17-14(24)16(2,3)21-13(23)11-5-4-8-25-11/h4-5,8-9H,6-7H2,1-3H3,(H,17,24)(H,21,23)(H2,18,19,20,22). The van der Waals surface area contributed by atoms with Gasteiger partial charge in [0.15, 0.2) is 0 Å². The van der Waals surface area contributed by atoms with Crippen molar-refractivity contribution in [1.29, 1.82) is 0 Å². The van der Waals surface area contributed by atoms with Crippen LogP contribution in [0.4, 0.5) is 5.95 Å². The monoisotopic (exact) mass is 363 g/mol. The molecule has 0 saturated heterocycles. The van der Waals surface area contributed by atoms with E-state index < -0.39 is 5.54 Å². The Morgan fingerprint density at radius 3 is 2.72 bits per heavy atom. The van der Waals surface area contributed by atoms with E-state index in [0.29, 0.717) is 29.6 Å². The summed E-state index contributed by atoms with van der Waals surface area (Å²) in [7, 11) is 0. The van der Waals surface area contributed by atoms with Crippen molar-refractivity contribution in [2.75, 3.05) is 18.4 Å². The second-order valence-corrected chi connectivity index (χ2v) is 6.92. The van der Waals surface area contributed by atoms with Crippen molar-refractivity contribution >= 4 is 29.1 Å². The third-order valence-corrected chi connectivity index (χ3v) is 4.18. The number of amides is 2. The zero-order valence-electron chi connectivity index (χ0n) is 14.3. The molecule has 0 aliphatic carbocycles. The van der Waals surface area contributed by atoms with Gasteiger partial charge in [0.1, 0.15) is 5.54 Å². The maximum absolute atomic E-state index is 12.3. The summed E-state index contributed by atoms with van der Waals surface area (Å²) in [6.45, 7) is 5.70. The highest BCUT2D eigenvalue weighted by Crippen LogP contribution is 2.11. The normalized spacial score (nSPS) is 11.0. The van der Waals surface area contributed by atoms with Crippen molar-refractivity contribution in [2.45, 2.75) is 26.3 Å². The molecule has 0 fully saturated rings. The van der Waals surface area contributed by atoms with Crippen LogP contribution in [0.25, 0.3) is 0 Å². The van der Waals surface area contributed by atoms with Crippen molar-refractivity contribution < 1.29 is 9.59 Å². The zero-order valence-corrected chi connectivity index (χ0v) is 15.1. The zero-order chi connectivity index (χ0) is 18.4. The first-order chi connectivity index (χ1) is 11.8. The number of aryl methyl sites for hydroxylation is 1. The highest BCUT2D eigenvalue weighted by atomic mass is 32.1. The Labute approximate surface area is 149 Å². The van der Waals surface area contributed by atoms with E-state index in [1.165, 1.54) is 17.4 Å². The molecule has 2 aromatic rings. The SMILES string of the molecule is Cc1cc(=O)[nH]c(NCCNC(=O)C(C)(C)NC(=O)c2cccs2)n1. The van der Waals surface area contributed by atoms with Gasteiger partial charge in [0.05, 0.1) is 4.88 Å². The highest BCUT2D eigenvalue weighted by Gasteiger charge is 2.29. The van der Waals surface area contributed by atoms with E-state index in [2.05, 4.69) is 25.9 Å². The minimum absolute atomic E-state index is 0.239. The van der Waals surface area contributed by atoms with Gasteiger partial charge in [-0.1, -0.05) is 6.07 Å². The minimum Gasteiger partial charge on any atom is -0.354 e. The molecule has 134 valence electrons. The number of nitrogens with zero attached hydrogens (tertiary/aromatic N) is 1. The molecule has 0 radical (unpaired) electrons. The predicted molar refractivity (Wildman–Crippen MR) is 97.0 cm³/mol. The number of carbonyl (C=O) groups excluding carboxylic acids is 2. The van der Waals surface area contributed by atoms with Crippen LogP contribution in [-0.2, 0) is 4.79 Å². The summed E-state index contributed by atoms with van der Waals surface area (Å²) in [6.07, 6.45) is 0. The van der Waals surface area contributed by atoms with E-state index in [1.807, 2.05) is 0 Å². The van der Waals surface area contributed by atoms with E-state index in [9.17, 15) is 14.4 Å². The van der Waals surface area contributed by atoms with Gasteiger partial charge in [-0.05, 0) is 32.2 Å². The van der Waals surface area contributed by atoms with Crippen LogP contribution in [0.5, 0.6) is 0 Å². The number of aromatic amines is 1. The molecule has 0 atom stereocenters. The van der Waals surface area contributed by atoms with Gasteiger partial charge in [0.25, 0.3) is 11.5 Å². The van der Waals surface area contributed by atoms with E-state index >= 15 is 0 Å². The van der Waals surface area contributed by atoms with Gasteiger partial charge in [-0.3, -0.25) is 19.4 Å². The molecule has 2 amide bonds. The molecule has 2 aromatic heterocycles. The van der Waals surface area contributed by atoms with Gasteiger partial charge in [-0.2, -0.15) is 0 Å². The molecule has 0 saturated carbocycles. The lowest BCUT2D eigenvalue weighted by atomic mass is 10.0. The summed E-state index contributed by atoms with van der Waals surface area (Å²) in [5, 5.41) is 10.2. The van der Waals surface area contributed by atoms with Crippen LogP contribution >= 0.6 is 11.3 Å². The molecule has 0 bridgehead atoms. The Morgan fingerprint density at radius 2 is 2.08 bits per heavy atom. The number of nitrogens with one attached hydrogen (secondary N) is 4. The van der Waals surface area contributed by atoms with Gasteiger partial charge in [-0.15, -0.1) is 11.3 Å². The summed E-state index contributed by atoms with van der Waals surface area (Å²) in [5.41, 5.74) is -0.680. The van der Waals surface area contributed by atoms with Crippen LogP contribution in [0, 0.1) is 6.92 Å². The van der Waals surface area contributed by atoms with E-state index in [-0.39, 0.29) is 17.4 Å². The molecular formula is C16H21N5O3S. The third kappa shape index (κ3) is 5.42. The minimum atomic E-state index is -1.04. The molecular weight excluding hydrogens is 342 g/mol. The quantitative estimate of drug-likeness (QED) is 0.545. The van der Waals surface area contributed by atoms with Crippen molar-refractivity contribution in [3.05, 3.63) is 44.5 Å². The maximum Gasteiger partial charge on any atom is 0.262 e. The molecule has 8 nitrogen and oxygen atoms in total. The smallest absolute Gasteiger partial charge is 0.262 e. The number of aromatic nitrogens is 2. The Bertz CT molecular complexity index is 798. The van der Waals surface area contributed by atoms with Crippen LogP contribution in [0.1, 0.15) is 29.2 Å². The van der Waals surface area contributed by atoms with Gasteiger partial charge in [0.2, 0.25) is 11.9 Å². The number of thiophene rings is 1. The summed E-state index contributed by atoms with van der Waals surface area (Å²) in [6, 6.07) is 4.88. The first-order valence-electron chi connectivity index (χ1n) is 7.74. The van der Waals surface area contributed by atoms with E-state index in [0.717, 1.165) is 0 Å². The van der Waals surface area contributed by atoms with E-state index in [1.54, 1.807) is 38.3 Å². The molecule has 2 rings (SSSR count). The molecule has 0 aliphatic rings. The molecule has 25 heavy (non-hydrogen) atoms. The summed E-state index contributed by atoms with van der Waals surface area (Å²) in [5.74, 6) is -0.232. The van der Waals surface area contributed by atoms with Crippen LogP contribution in [0.15, 0.2) is 28.4 Å². The first-order valence-corrected chi connectivity index (χ1v) is 8.62. The van der Waals surface area contributed by atoms with Crippen LogP contribution in [0.3, 0.4) is 0 Å². The molecule has 4 N–H and O–H groups in total. The topological polar surface area (TPSA) is 116 Å². The van der Waals surface area contributed by atoms with Crippen molar-refractivity contribution in [2.24, 2.45) is 0 Å². The molecule has 2 heterocycles. The lowest BCUT2D eigenvalue weighted by Crippen LogP contribution is -2.55. The molecule has 0 aliphatic heterocycles. The van der Waals surface area contributed by atoms with E-state index in [4.69, 9.17) is 0 Å². The van der Waals surface area contributed by atoms with Crippen LogP contribution in [-0.4, -0.2) is 40.4 Å². The number of anilines is 1. The van der Waals surface area contributed by atoms with Crippen LogP contribution < -0.4 is 21.5 Å². The third-order valence-electron chi connectivity index (χ3n) is 3.31. The summed E-state index contributed by atoms with van der Waals surface area (Å²) in [4.78, 5) is 42.9. The number of carbonyl (C=O) groups is 2. The second-order valence-electron chi connectivity index (χ2n) is 5.97. The molecule has 0 spiro atoms. The van der Waals surface area contributed by atoms with Crippen molar-refractivity contribution in [3.63, 3.8) is 0 Å². The fourth-order valence-electron chi connectivity index (χ4n) is 2.05. The summed E-state index contributed by atoms with van der Waals surface area (Å²) >= 11 is 1.32. The molecule has 0 unspecified atom stereocenters. The first kappa shape index (κ1) is 18.7.